The predicted octanol–water partition coefficient (Wildman–Crippen LogP) is 1.33. The number of aliphatic carboxylic acids is 1. The Balaban J connectivity index is 4.55. The van der Waals surface area contributed by atoms with Gasteiger partial charge in [0.1, 0.15) is 11.6 Å². The zero-order valence-electron chi connectivity index (χ0n) is 9.90. The van der Waals surface area contributed by atoms with Crippen molar-refractivity contribution in [3.05, 3.63) is 0 Å². The van der Waals surface area contributed by atoms with Gasteiger partial charge >= 0.3 is 12.1 Å². The van der Waals surface area contributed by atoms with E-state index in [0.717, 1.165) is 4.90 Å². The van der Waals surface area contributed by atoms with E-state index in [-0.39, 0.29) is 0 Å². The molecule has 0 rings (SSSR count). The lowest BCUT2D eigenvalue weighted by atomic mass is 10.2. The average molecular weight is 204 g/mol. The van der Waals surface area contributed by atoms with Crippen molar-refractivity contribution in [2.45, 2.75) is 39.3 Å². The minimum atomic E-state index is -1.16. The number of rotatable bonds is 2. The molecule has 0 fully saturated rings. The van der Waals surface area contributed by atoms with E-state index in [1.165, 1.54) is 6.92 Å². The van der Waals surface area contributed by atoms with Gasteiger partial charge in [-0.25, -0.2) is 9.59 Å². The Morgan fingerprint density at radius 1 is 1.50 bits per heavy atom. The number of amides is 1. The molecule has 5 heteroatoms. The fourth-order valence-electron chi connectivity index (χ4n) is 0.612. The third kappa shape index (κ3) is 4.11. The summed E-state index contributed by atoms with van der Waals surface area (Å²) in [5.41, 5.74) is -0.692. The van der Waals surface area contributed by atoms with Crippen molar-refractivity contribution < 1.29 is 20.8 Å². The summed E-state index contributed by atoms with van der Waals surface area (Å²) in [5, 5.41) is 8.70. The third-order valence-corrected chi connectivity index (χ3v) is 1.45. The fraction of sp³-hybridized carbons (Fsp3) is 0.778. The molecule has 0 spiro atoms. The summed E-state index contributed by atoms with van der Waals surface area (Å²) in [5.74, 6) is -1.16. The molecule has 0 aromatic carbocycles. The number of carbonyl (C=O) groups excluding carboxylic acids is 1. The Hall–Kier alpha value is -1.26. The van der Waals surface area contributed by atoms with Crippen LogP contribution in [0.25, 0.3) is 0 Å². The molecule has 0 aromatic rings. The van der Waals surface area contributed by atoms with Gasteiger partial charge in [0.2, 0.25) is 0 Å². The van der Waals surface area contributed by atoms with Crippen molar-refractivity contribution >= 4 is 12.1 Å². The third-order valence-electron chi connectivity index (χ3n) is 1.45. The second-order valence-electron chi connectivity index (χ2n) is 3.96. The van der Waals surface area contributed by atoms with Crippen LogP contribution in [-0.2, 0) is 9.53 Å². The van der Waals surface area contributed by atoms with E-state index >= 15 is 0 Å². The van der Waals surface area contributed by atoms with E-state index in [1.807, 2.05) is 0 Å². The molecule has 5 nitrogen and oxygen atoms in total. The predicted molar refractivity (Wildman–Crippen MR) is 51.1 cm³/mol. The van der Waals surface area contributed by atoms with Gasteiger partial charge in [0.05, 0.1) is 0 Å². The molecule has 0 aliphatic carbocycles. The highest BCUT2D eigenvalue weighted by molar-refractivity contribution is 5.79. The Labute approximate surface area is 85.1 Å². The second-order valence-corrected chi connectivity index (χ2v) is 3.96. The number of ether oxygens (including phenoxy) is 1. The summed E-state index contributed by atoms with van der Waals surface area (Å²) in [6.07, 6.45) is -0.785. The van der Waals surface area contributed by atoms with Crippen LogP contribution < -0.4 is 0 Å². The zero-order valence-corrected chi connectivity index (χ0v) is 8.90. The standard InChI is InChI=1S/C9H17NO4/c1-6(7(11)12)10(5)8(13)14-9(2,3)4/h6H,1-5H3,(H,11,12)/t6-/m0/s1/i5D. The normalized spacial score (nSPS) is 14.1. The molecule has 0 heterocycles. The fourth-order valence-corrected chi connectivity index (χ4v) is 0.612. The van der Waals surface area contributed by atoms with Crippen molar-refractivity contribution in [3.8, 4) is 0 Å². The minimum absolute atomic E-state index is 0.442. The van der Waals surface area contributed by atoms with Crippen molar-refractivity contribution in [1.82, 2.24) is 4.90 Å². The highest BCUT2D eigenvalue weighted by atomic mass is 16.6. The molecule has 0 unspecified atom stereocenters. The Kier molecular flexibility index (Phi) is 3.33. The van der Waals surface area contributed by atoms with Crippen molar-refractivity contribution in [2.75, 3.05) is 7.02 Å². The highest BCUT2D eigenvalue weighted by Crippen LogP contribution is 2.10. The summed E-state index contributed by atoms with van der Waals surface area (Å²) >= 11 is 0. The molecule has 0 aliphatic heterocycles. The van der Waals surface area contributed by atoms with Gasteiger partial charge in [-0.2, -0.15) is 0 Å². The molecule has 0 saturated carbocycles. The van der Waals surface area contributed by atoms with Crippen LogP contribution in [0.15, 0.2) is 0 Å². The maximum Gasteiger partial charge on any atom is 0.410 e. The van der Waals surface area contributed by atoms with Gasteiger partial charge in [-0.05, 0) is 27.7 Å². The number of hydrogen-bond donors (Lipinski definition) is 1. The summed E-state index contributed by atoms with van der Waals surface area (Å²) in [6.45, 7) is 6.37. The quantitative estimate of drug-likeness (QED) is 0.736. The molecule has 0 radical (unpaired) electrons. The number of carbonyl (C=O) groups is 2. The molecule has 1 N–H and O–H groups in total. The lowest BCUT2D eigenvalue weighted by molar-refractivity contribution is -0.141. The van der Waals surface area contributed by atoms with Crippen molar-refractivity contribution in [2.24, 2.45) is 0 Å². The zero-order chi connectivity index (χ0) is 12.2. The van der Waals surface area contributed by atoms with E-state index in [9.17, 15) is 9.59 Å². The topological polar surface area (TPSA) is 66.8 Å². The molecule has 82 valence electrons. The molecule has 1 amide bonds. The maximum absolute atomic E-state index is 11.5. The maximum atomic E-state index is 11.5. The van der Waals surface area contributed by atoms with Gasteiger partial charge in [-0.3, -0.25) is 4.90 Å². The summed E-state index contributed by atoms with van der Waals surface area (Å²) < 4.78 is 12.0. The Morgan fingerprint density at radius 2 is 2.00 bits per heavy atom. The monoisotopic (exact) mass is 204 g/mol. The number of hydrogen-bond acceptors (Lipinski definition) is 3. The minimum Gasteiger partial charge on any atom is -0.480 e. The first-order valence-electron chi connectivity index (χ1n) is 4.91. The number of nitrogens with zero attached hydrogens (tertiary/aromatic N) is 1. The van der Waals surface area contributed by atoms with E-state index in [2.05, 4.69) is 0 Å². The number of likely N-dealkylation sites (N-methyl/N-ethyl adjacent to an activating group) is 1. The van der Waals surface area contributed by atoms with Crippen LogP contribution in [0.3, 0.4) is 0 Å². The van der Waals surface area contributed by atoms with Crippen LogP contribution in [0, 0.1) is 0 Å². The SMILES string of the molecule is [2H]CN(C(=O)OC(C)(C)C)[C@@H](C)C(=O)O. The summed E-state index contributed by atoms with van der Waals surface area (Å²) in [7, 11) is -0.442. The molecular weight excluding hydrogens is 186 g/mol. The van der Waals surface area contributed by atoms with Gasteiger partial charge in [-0.15, -0.1) is 0 Å². The molecule has 1 atom stereocenters. The van der Waals surface area contributed by atoms with Crippen LogP contribution in [0.4, 0.5) is 4.79 Å². The summed E-state index contributed by atoms with van der Waals surface area (Å²) in [4.78, 5) is 22.9. The van der Waals surface area contributed by atoms with E-state index in [0.29, 0.717) is 0 Å². The number of carboxylic acid groups (broad SMARTS) is 1. The Bertz CT molecular complexity index is 249. The lowest BCUT2D eigenvalue weighted by Gasteiger charge is -2.26. The lowest BCUT2D eigenvalue weighted by Crippen LogP contribution is -2.43. The average Bonchev–Trinajstić information content (AvgIpc) is 2.01. The second kappa shape index (κ2) is 4.30. The van der Waals surface area contributed by atoms with Crippen LogP contribution in [0.1, 0.15) is 29.1 Å². The highest BCUT2D eigenvalue weighted by Gasteiger charge is 2.26. The van der Waals surface area contributed by atoms with E-state index in [1.54, 1.807) is 20.8 Å². The molecule has 0 bridgehead atoms. The largest absolute Gasteiger partial charge is 0.480 e. The van der Waals surface area contributed by atoms with Crippen LogP contribution in [-0.4, -0.2) is 40.7 Å². The van der Waals surface area contributed by atoms with Gasteiger partial charge in [0.25, 0.3) is 0 Å². The molecule has 0 saturated heterocycles. The van der Waals surface area contributed by atoms with Crippen molar-refractivity contribution in [1.29, 1.82) is 0 Å². The number of carboxylic acids is 1. The van der Waals surface area contributed by atoms with Gasteiger partial charge in [-0.1, -0.05) is 0 Å². The Morgan fingerprint density at radius 3 is 2.29 bits per heavy atom. The van der Waals surface area contributed by atoms with Crippen LogP contribution in [0.5, 0.6) is 0 Å². The first-order chi connectivity index (χ1) is 6.69. The van der Waals surface area contributed by atoms with Crippen LogP contribution >= 0.6 is 0 Å². The van der Waals surface area contributed by atoms with Gasteiger partial charge in [0.15, 0.2) is 0 Å². The first-order valence-corrected chi connectivity index (χ1v) is 4.20. The van der Waals surface area contributed by atoms with Gasteiger partial charge < -0.3 is 9.84 Å². The molecular formula is C9H17NO4. The molecule has 0 aromatic heterocycles. The van der Waals surface area contributed by atoms with Crippen LogP contribution in [0.2, 0.25) is 0 Å². The van der Waals surface area contributed by atoms with Crippen molar-refractivity contribution in [3.63, 3.8) is 0 Å². The van der Waals surface area contributed by atoms with E-state index in [4.69, 9.17) is 11.2 Å². The van der Waals surface area contributed by atoms with Gasteiger partial charge in [0, 0.05) is 8.39 Å². The summed E-state index contributed by atoms with van der Waals surface area (Å²) in [6, 6.07) is -1.06. The van der Waals surface area contributed by atoms with E-state index < -0.39 is 30.7 Å². The first kappa shape index (κ1) is 10.8. The smallest absolute Gasteiger partial charge is 0.410 e. The molecule has 14 heavy (non-hydrogen) atoms. The molecule has 0 aliphatic rings.